The Kier molecular flexibility index (Phi) is 10.4. The topological polar surface area (TPSA) is 235 Å². The summed E-state index contributed by atoms with van der Waals surface area (Å²) < 4.78 is 92.1. The summed E-state index contributed by atoms with van der Waals surface area (Å²) in [6.07, 6.45) is 0. The molecule has 0 unspecified atom stereocenters. The molecular weight excluding hydrogens is 781 g/mol. The number of aromatic nitrogens is 2. The minimum Gasteiger partial charge on any atom is -0.744 e. The zero-order chi connectivity index (χ0) is 35.8. The molecule has 0 saturated carbocycles. The molecule has 0 fully saturated rings. The van der Waals surface area contributed by atoms with Gasteiger partial charge in [-0.15, -0.1) is 4.13 Å². The van der Waals surface area contributed by atoms with Gasteiger partial charge in [-0.25, -0.2) is 35.2 Å². The Labute approximate surface area is 338 Å². The maximum absolute atomic E-state index is 13.7. The van der Waals surface area contributed by atoms with Crippen LogP contribution < -0.4 is 66.6 Å². The molecular formula is C30H20Cl2KN5O9S3. The third kappa shape index (κ3) is 6.75. The largest absolute Gasteiger partial charge is 1.00 e. The second-order valence-electron chi connectivity index (χ2n) is 10.8. The number of hydrogen-bond donors (Lipinski definition) is 3. The monoisotopic (exact) mass is 799 g/mol. The van der Waals surface area contributed by atoms with Crippen molar-refractivity contribution in [2.24, 2.45) is 0 Å². The number of nitrogen functional groups attached to an aromatic ring is 1. The molecule has 4 N–H and O–H groups in total. The van der Waals surface area contributed by atoms with Gasteiger partial charge in [0.2, 0.25) is 0 Å². The number of rotatable bonds is 7. The van der Waals surface area contributed by atoms with Crippen molar-refractivity contribution in [1.29, 1.82) is 0 Å². The molecule has 0 radical (unpaired) electrons. The van der Waals surface area contributed by atoms with Gasteiger partial charge in [0.1, 0.15) is 10.1 Å². The predicted octanol–water partition coefficient (Wildman–Crippen LogP) is 1.23. The Bertz CT molecular complexity index is 2680. The van der Waals surface area contributed by atoms with Gasteiger partial charge in [-0.05, 0) is 55.3 Å². The first-order valence-electron chi connectivity index (χ1n) is 13.7. The summed E-state index contributed by atoms with van der Waals surface area (Å²) in [6, 6.07) is 12.4. The molecule has 0 atom stereocenters. The van der Waals surface area contributed by atoms with E-state index in [-0.39, 0.29) is 106 Å². The van der Waals surface area contributed by atoms with Crippen LogP contribution in [0.2, 0.25) is 10.3 Å². The Morgan fingerprint density at radius 1 is 0.740 bits per heavy atom. The molecule has 0 bridgehead atoms. The molecule has 0 aliphatic heterocycles. The van der Waals surface area contributed by atoms with Gasteiger partial charge in [-0.3, -0.25) is 9.59 Å². The number of halogens is 2. The number of nitrogens with zero attached hydrogens (tertiary/aromatic N) is 2. The third-order valence-corrected chi connectivity index (χ3v) is 12.9. The molecule has 252 valence electrons. The van der Waals surface area contributed by atoms with Gasteiger partial charge < -0.3 is 15.6 Å². The van der Waals surface area contributed by atoms with Crippen LogP contribution in [-0.2, 0) is 30.2 Å². The molecule has 0 spiro atoms. The number of nitrogens with one attached hydrogen (secondary N) is 2. The molecule has 50 heavy (non-hydrogen) atoms. The number of hydrogen-bond acceptors (Lipinski definition) is 13. The fourth-order valence-corrected chi connectivity index (χ4v) is 9.51. The number of benzene rings is 4. The van der Waals surface area contributed by atoms with Gasteiger partial charge in [-0.2, -0.15) is 0 Å². The van der Waals surface area contributed by atoms with E-state index < -0.39 is 67.7 Å². The molecule has 1 heterocycles. The van der Waals surface area contributed by atoms with E-state index in [4.69, 9.17) is 28.9 Å². The number of ketones is 2. The fourth-order valence-electron chi connectivity index (χ4n) is 5.44. The normalized spacial score (nSPS) is 13.1. The minimum absolute atomic E-state index is 0. The van der Waals surface area contributed by atoms with E-state index in [1.807, 2.05) is 0 Å². The van der Waals surface area contributed by atoms with Crippen LogP contribution in [0.1, 0.15) is 43.0 Å². The molecule has 0 amide bonds. The van der Waals surface area contributed by atoms with E-state index in [9.17, 15) is 39.4 Å². The van der Waals surface area contributed by atoms with E-state index in [0.29, 0.717) is 5.56 Å². The van der Waals surface area contributed by atoms with Crippen LogP contribution >= 0.6 is 23.2 Å². The SMILES string of the molecule is Cc1ccc(S(=O)(=O)NS(=O)(=O)c2ccc3nc(Cl)c(Cl)nc3c2)c(C)c1Nc1cc(S(=O)(=O)[O-])c(N)c2c1C(=O)c1ccccc1C2=O.[K+]. The van der Waals surface area contributed by atoms with E-state index in [1.54, 1.807) is 11.1 Å². The van der Waals surface area contributed by atoms with Crippen LogP contribution in [0.4, 0.5) is 17.1 Å². The van der Waals surface area contributed by atoms with Gasteiger partial charge >= 0.3 is 51.4 Å². The molecule has 14 nitrogen and oxygen atoms in total. The molecule has 6 rings (SSSR count). The Morgan fingerprint density at radius 2 is 1.32 bits per heavy atom. The van der Waals surface area contributed by atoms with Crippen molar-refractivity contribution in [3.05, 3.63) is 104 Å². The zero-order valence-electron chi connectivity index (χ0n) is 25.9. The van der Waals surface area contributed by atoms with Crippen LogP contribution in [0.3, 0.4) is 0 Å². The van der Waals surface area contributed by atoms with Crippen molar-refractivity contribution < 1.29 is 90.8 Å². The molecule has 1 aromatic heterocycles. The quantitative estimate of drug-likeness (QED) is 0.117. The molecule has 0 saturated heterocycles. The zero-order valence-corrected chi connectivity index (χ0v) is 33.0. The number of carbonyl (C=O) groups is 2. The van der Waals surface area contributed by atoms with E-state index in [1.165, 1.54) is 43.3 Å². The molecule has 4 aromatic carbocycles. The van der Waals surface area contributed by atoms with Crippen molar-refractivity contribution in [2.75, 3.05) is 11.1 Å². The van der Waals surface area contributed by atoms with Crippen molar-refractivity contribution in [2.45, 2.75) is 28.5 Å². The third-order valence-electron chi connectivity index (χ3n) is 7.73. The van der Waals surface area contributed by atoms with Gasteiger partial charge in [-0.1, -0.05) is 53.5 Å². The molecule has 20 heteroatoms. The Morgan fingerprint density at radius 3 is 1.92 bits per heavy atom. The Balaban J connectivity index is 0.00000486. The van der Waals surface area contributed by atoms with Crippen LogP contribution in [0, 0.1) is 13.8 Å². The summed E-state index contributed by atoms with van der Waals surface area (Å²) in [5.74, 6) is -1.52. The molecule has 5 aromatic rings. The van der Waals surface area contributed by atoms with Crippen LogP contribution in [-0.4, -0.2) is 51.3 Å². The van der Waals surface area contributed by atoms with Gasteiger partial charge in [0.25, 0.3) is 20.0 Å². The van der Waals surface area contributed by atoms with Gasteiger partial charge in [0, 0.05) is 16.8 Å². The van der Waals surface area contributed by atoms with Crippen LogP contribution in [0.5, 0.6) is 0 Å². The second kappa shape index (κ2) is 13.6. The van der Waals surface area contributed by atoms with Crippen LogP contribution in [0.15, 0.2) is 75.4 Å². The summed E-state index contributed by atoms with van der Waals surface area (Å²) in [5.41, 5.74) is 4.54. The molecule has 1 aliphatic rings. The summed E-state index contributed by atoms with van der Waals surface area (Å²) in [7, 11) is -14.9. The van der Waals surface area contributed by atoms with E-state index >= 15 is 0 Å². The molecule has 1 aliphatic carbocycles. The Hall–Kier alpha value is -2.85. The number of nitrogens with two attached hydrogens (primary N) is 1. The second-order valence-corrected chi connectivity index (χ2v) is 16.5. The van der Waals surface area contributed by atoms with Gasteiger partial charge in [0.15, 0.2) is 21.9 Å². The maximum atomic E-state index is 13.7. The predicted molar refractivity (Wildman–Crippen MR) is 178 cm³/mol. The maximum Gasteiger partial charge on any atom is 1.00 e. The van der Waals surface area contributed by atoms with Crippen molar-refractivity contribution in [3.63, 3.8) is 0 Å². The summed E-state index contributed by atoms with van der Waals surface area (Å²) in [4.78, 5) is 33.2. The minimum atomic E-state index is -5.29. The average molecular weight is 801 g/mol. The van der Waals surface area contributed by atoms with Gasteiger partial charge in [0.05, 0.1) is 48.2 Å². The van der Waals surface area contributed by atoms with Crippen molar-refractivity contribution in [1.82, 2.24) is 14.1 Å². The number of fused-ring (bicyclic) bond motifs is 3. The first kappa shape index (κ1) is 38.4. The number of aryl methyl sites for hydroxylation is 1. The van der Waals surface area contributed by atoms with Crippen LogP contribution in [0.25, 0.3) is 11.0 Å². The summed E-state index contributed by atoms with van der Waals surface area (Å²) in [5, 5.41) is 2.50. The smallest absolute Gasteiger partial charge is 0.744 e. The number of anilines is 3. The fraction of sp³-hybridized carbons (Fsp3) is 0.0667. The summed E-state index contributed by atoms with van der Waals surface area (Å²) in [6.45, 7) is 2.87. The average Bonchev–Trinajstić information content (AvgIpc) is 3.01. The van der Waals surface area contributed by atoms with E-state index in [0.717, 1.165) is 24.3 Å². The van der Waals surface area contributed by atoms with E-state index in [2.05, 4.69) is 15.3 Å². The van der Waals surface area contributed by atoms with Crippen molar-refractivity contribution in [3.8, 4) is 0 Å². The number of carbonyl (C=O) groups excluding carboxylic acids is 2. The standard InChI is InChI=1S/C30H21Cl2N5O9S3.K/c1-13-7-10-21(48(42,43)37-47(40,41)15-8-9-18-19(11-15)36-30(32)29(31)35-18)14(2)26(13)34-20-12-22(49(44,45)46)25(33)24-23(20)27(38)16-5-3-4-6-17(16)28(24)39;/h3-12,34,37H,33H2,1-2H3,(H,44,45,46);/q;+1/p-1. The van der Waals surface area contributed by atoms with Crippen molar-refractivity contribution >= 4 is 93.0 Å². The summed E-state index contributed by atoms with van der Waals surface area (Å²) >= 11 is 11.8. The number of sulfonamides is 2. The first-order chi connectivity index (χ1) is 22.8. The first-order valence-corrected chi connectivity index (χ1v) is 18.8.